The Labute approximate surface area is 111 Å². The van der Waals surface area contributed by atoms with Crippen molar-refractivity contribution in [2.45, 2.75) is 6.54 Å². The van der Waals surface area contributed by atoms with Crippen LogP contribution in [-0.2, 0) is 6.54 Å². The highest BCUT2D eigenvalue weighted by atomic mass is 79.9. The number of halogens is 2. The van der Waals surface area contributed by atoms with Gasteiger partial charge in [-0.3, -0.25) is 0 Å². The Balaban J connectivity index is 2.54. The monoisotopic (exact) mass is 316 g/mol. The summed E-state index contributed by atoms with van der Waals surface area (Å²) in [5.41, 5.74) is 6.21. The van der Waals surface area contributed by atoms with Crippen molar-refractivity contribution in [2.75, 3.05) is 7.11 Å². The Bertz CT molecular complexity index is 544. The van der Waals surface area contributed by atoms with Crippen molar-refractivity contribution in [3.8, 4) is 16.3 Å². The molecule has 0 aliphatic rings. The minimum Gasteiger partial charge on any atom is -0.496 e. The third-order valence-electron chi connectivity index (χ3n) is 2.23. The van der Waals surface area contributed by atoms with Crippen LogP contribution in [0.1, 0.15) is 4.88 Å². The van der Waals surface area contributed by atoms with Gasteiger partial charge >= 0.3 is 0 Å². The van der Waals surface area contributed by atoms with E-state index in [1.165, 1.54) is 23.5 Å². The lowest BCUT2D eigenvalue weighted by Gasteiger charge is -2.05. The molecule has 6 heteroatoms. The number of nitrogens with zero attached hydrogens (tertiary/aromatic N) is 1. The van der Waals surface area contributed by atoms with E-state index in [4.69, 9.17) is 10.5 Å². The van der Waals surface area contributed by atoms with Crippen LogP contribution >= 0.6 is 27.3 Å². The first-order valence-electron chi connectivity index (χ1n) is 4.85. The molecule has 1 heterocycles. The molecule has 0 atom stereocenters. The zero-order valence-corrected chi connectivity index (χ0v) is 11.4. The predicted octanol–water partition coefficient (Wildman–Crippen LogP) is 3.18. The highest BCUT2D eigenvalue weighted by Crippen LogP contribution is 2.36. The van der Waals surface area contributed by atoms with Gasteiger partial charge in [-0.15, -0.1) is 11.3 Å². The molecule has 0 bridgehead atoms. The summed E-state index contributed by atoms with van der Waals surface area (Å²) in [7, 11) is 1.54. The van der Waals surface area contributed by atoms with Crippen molar-refractivity contribution in [3.63, 3.8) is 0 Å². The first-order valence-corrected chi connectivity index (χ1v) is 6.46. The molecule has 2 rings (SSSR count). The van der Waals surface area contributed by atoms with Gasteiger partial charge in [-0.1, -0.05) is 0 Å². The largest absolute Gasteiger partial charge is 0.496 e. The second kappa shape index (κ2) is 5.12. The topological polar surface area (TPSA) is 48.1 Å². The third-order valence-corrected chi connectivity index (χ3v) is 4.26. The minimum absolute atomic E-state index is 0.318. The van der Waals surface area contributed by atoms with Crippen LogP contribution in [0, 0.1) is 5.82 Å². The van der Waals surface area contributed by atoms with Crippen molar-refractivity contribution in [1.82, 2.24) is 4.98 Å². The standard InChI is InChI=1S/C11H10BrFN2OS/c1-16-8-3-2-6(13)4-7(8)11-15-10(12)9(5-14)17-11/h2-4H,5,14H2,1H3. The molecule has 3 nitrogen and oxygen atoms in total. The van der Waals surface area contributed by atoms with Crippen LogP contribution in [-0.4, -0.2) is 12.1 Å². The molecule has 0 fully saturated rings. The van der Waals surface area contributed by atoms with E-state index >= 15 is 0 Å². The quantitative estimate of drug-likeness (QED) is 0.946. The van der Waals surface area contributed by atoms with E-state index in [0.717, 1.165) is 4.88 Å². The van der Waals surface area contributed by atoms with E-state index in [0.29, 0.717) is 27.5 Å². The van der Waals surface area contributed by atoms with Gasteiger partial charge in [-0.05, 0) is 34.1 Å². The summed E-state index contributed by atoms with van der Waals surface area (Å²) in [6, 6.07) is 4.35. The van der Waals surface area contributed by atoms with Gasteiger partial charge in [0.05, 0.1) is 17.6 Å². The summed E-state index contributed by atoms with van der Waals surface area (Å²) in [5, 5.41) is 0.689. The number of methoxy groups -OCH3 is 1. The maximum atomic E-state index is 13.2. The second-order valence-corrected chi connectivity index (χ2v) is 5.12. The summed E-state index contributed by atoms with van der Waals surface area (Å²) in [4.78, 5) is 5.23. The van der Waals surface area contributed by atoms with Gasteiger partial charge in [0.2, 0.25) is 0 Å². The van der Waals surface area contributed by atoms with Gasteiger partial charge < -0.3 is 10.5 Å². The van der Waals surface area contributed by atoms with Crippen molar-refractivity contribution < 1.29 is 9.13 Å². The van der Waals surface area contributed by atoms with Crippen LogP contribution < -0.4 is 10.5 Å². The first-order chi connectivity index (χ1) is 8.15. The number of ether oxygens (including phenoxy) is 1. The average molecular weight is 317 g/mol. The van der Waals surface area contributed by atoms with E-state index in [-0.39, 0.29) is 5.82 Å². The molecule has 0 aliphatic heterocycles. The molecule has 2 aromatic rings. The molecule has 0 amide bonds. The molecule has 0 aliphatic carbocycles. The normalized spacial score (nSPS) is 10.6. The van der Waals surface area contributed by atoms with Crippen LogP contribution in [0.3, 0.4) is 0 Å². The van der Waals surface area contributed by atoms with Crippen molar-refractivity contribution in [2.24, 2.45) is 5.73 Å². The molecule has 0 saturated carbocycles. The number of rotatable bonds is 3. The summed E-state index contributed by atoms with van der Waals surface area (Å²) < 4.78 is 19.1. The fourth-order valence-corrected chi connectivity index (χ4v) is 2.97. The van der Waals surface area contributed by atoms with Crippen LogP contribution in [0.15, 0.2) is 22.8 Å². The molecule has 1 aromatic heterocycles. The van der Waals surface area contributed by atoms with E-state index in [9.17, 15) is 4.39 Å². The highest BCUT2D eigenvalue weighted by Gasteiger charge is 2.14. The lowest BCUT2D eigenvalue weighted by atomic mass is 10.2. The molecule has 2 N–H and O–H groups in total. The fourth-order valence-electron chi connectivity index (χ4n) is 1.42. The first kappa shape index (κ1) is 12.5. The highest BCUT2D eigenvalue weighted by molar-refractivity contribution is 9.10. The van der Waals surface area contributed by atoms with Gasteiger partial charge in [0.1, 0.15) is 21.2 Å². The average Bonchev–Trinajstić information content (AvgIpc) is 2.70. The lowest BCUT2D eigenvalue weighted by Crippen LogP contribution is -1.92. The van der Waals surface area contributed by atoms with E-state index in [1.54, 1.807) is 13.2 Å². The number of benzene rings is 1. The Morgan fingerprint density at radius 2 is 2.29 bits per heavy atom. The molecule has 0 radical (unpaired) electrons. The van der Waals surface area contributed by atoms with Crippen LogP contribution in [0.5, 0.6) is 5.75 Å². The second-order valence-electron chi connectivity index (χ2n) is 3.28. The summed E-state index contributed by atoms with van der Waals surface area (Å²) in [6.45, 7) is 0.399. The van der Waals surface area contributed by atoms with Crippen molar-refractivity contribution >= 4 is 27.3 Å². The molecule has 90 valence electrons. The third kappa shape index (κ3) is 2.48. The fraction of sp³-hybridized carbons (Fsp3) is 0.182. The number of nitrogens with two attached hydrogens (primary N) is 1. The van der Waals surface area contributed by atoms with Crippen molar-refractivity contribution in [3.05, 3.63) is 33.5 Å². The van der Waals surface area contributed by atoms with Gasteiger partial charge in [0, 0.05) is 6.54 Å². The Kier molecular flexibility index (Phi) is 3.76. The maximum Gasteiger partial charge on any atom is 0.129 e. The number of aromatic nitrogens is 1. The zero-order valence-electron chi connectivity index (χ0n) is 9.04. The summed E-state index contributed by atoms with van der Waals surface area (Å²) in [5.74, 6) is 0.276. The molecular formula is C11H10BrFN2OS. The van der Waals surface area contributed by atoms with E-state index in [2.05, 4.69) is 20.9 Å². The lowest BCUT2D eigenvalue weighted by molar-refractivity contribution is 0.415. The van der Waals surface area contributed by atoms with Crippen LogP contribution in [0.25, 0.3) is 10.6 Å². The number of thiazole rings is 1. The Hall–Kier alpha value is -0.980. The van der Waals surface area contributed by atoms with E-state index in [1.807, 2.05) is 0 Å². The predicted molar refractivity (Wildman–Crippen MR) is 69.7 cm³/mol. The number of hydrogen-bond donors (Lipinski definition) is 1. The Morgan fingerprint density at radius 3 is 2.88 bits per heavy atom. The summed E-state index contributed by atoms with van der Waals surface area (Å²) >= 11 is 4.75. The van der Waals surface area contributed by atoms with Gasteiger partial charge in [0.25, 0.3) is 0 Å². The molecule has 0 unspecified atom stereocenters. The zero-order chi connectivity index (χ0) is 12.4. The smallest absolute Gasteiger partial charge is 0.129 e. The molecule has 0 saturated heterocycles. The molecular weight excluding hydrogens is 307 g/mol. The van der Waals surface area contributed by atoms with Crippen LogP contribution in [0.2, 0.25) is 0 Å². The Morgan fingerprint density at radius 1 is 1.53 bits per heavy atom. The van der Waals surface area contributed by atoms with Gasteiger partial charge in [0.15, 0.2) is 0 Å². The minimum atomic E-state index is -0.318. The van der Waals surface area contributed by atoms with Gasteiger partial charge in [-0.2, -0.15) is 0 Å². The van der Waals surface area contributed by atoms with E-state index < -0.39 is 0 Å². The summed E-state index contributed by atoms with van der Waals surface area (Å²) in [6.07, 6.45) is 0. The SMILES string of the molecule is COc1ccc(F)cc1-c1nc(Br)c(CN)s1. The molecule has 1 aromatic carbocycles. The van der Waals surface area contributed by atoms with Crippen LogP contribution in [0.4, 0.5) is 4.39 Å². The number of hydrogen-bond acceptors (Lipinski definition) is 4. The molecule has 17 heavy (non-hydrogen) atoms. The maximum absolute atomic E-state index is 13.2. The van der Waals surface area contributed by atoms with Gasteiger partial charge in [-0.25, -0.2) is 9.37 Å². The molecule has 0 spiro atoms. The van der Waals surface area contributed by atoms with Crippen molar-refractivity contribution in [1.29, 1.82) is 0 Å².